The van der Waals surface area contributed by atoms with Gasteiger partial charge in [0.2, 0.25) is 0 Å². The molecular weight excluding hydrogens is 397 g/mol. The molecule has 2 aromatic carbocycles. The van der Waals surface area contributed by atoms with E-state index in [-0.39, 0.29) is 11.9 Å². The predicted molar refractivity (Wildman–Crippen MR) is 93.1 cm³/mol. The Bertz CT molecular complexity index is 577. The maximum Gasteiger partial charge on any atom is 0.128 e. The van der Waals surface area contributed by atoms with Gasteiger partial charge in [0, 0.05) is 14.5 Å². The van der Waals surface area contributed by atoms with Crippen molar-refractivity contribution in [1.29, 1.82) is 0 Å². The standard InChI is InChI=1S/C17H18Br2FN/c1-3-8-21-17(13-10-12(18)5-6-15(13)19)14-9-11(2)4-7-16(14)20/h4-7,9-10,17,21H,3,8H2,1-2H3. The number of halogens is 3. The van der Waals surface area contributed by atoms with Gasteiger partial charge >= 0.3 is 0 Å². The second kappa shape index (κ2) is 7.52. The largest absolute Gasteiger partial charge is 0.306 e. The van der Waals surface area contributed by atoms with Gasteiger partial charge < -0.3 is 5.32 Å². The van der Waals surface area contributed by atoms with Crippen molar-refractivity contribution in [2.24, 2.45) is 0 Å². The molecule has 2 rings (SSSR count). The minimum absolute atomic E-state index is 0.170. The van der Waals surface area contributed by atoms with Crippen LogP contribution in [-0.4, -0.2) is 6.54 Å². The lowest BCUT2D eigenvalue weighted by Crippen LogP contribution is -2.24. The summed E-state index contributed by atoms with van der Waals surface area (Å²) in [6.45, 7) is 4.92. The molecule has 0 amide bonds. The first-order chi connectivity index (χ1) is 10.0. The van der Waals surface area contributed by atoms with Gasteiger partial charge in [-0.25, -0.2) is 4.39 Å². The molecule has 1 nitrogen and oxygen atoms in total. The van der Waals surface area contributed by atoms with E-state index in [1.807, 2.05) is 31.2 Å². The summed E-state index contributed by atoms with van der Waals surface area (Å²) in [5.41, 5.74) is 2.77. The molecule has 0 heterocycles. The van der Waals surface area contributed by atoms with Crippen molar-refractivity contribution in [2.45, 2.75) is 26.3 Å². The molecule has 21 heavy (non-hydrogen) atoms. The summed E-state index contributed by atoms with van der Waals surface area (Å²) in [5, 5.41) is 3.45. The van der Waals surface area contributed by atoms with Crippen LogP contribution in [0.5, 0.6) is 0 Å². The molecule has 0 bridgehead atoms. The van der Waals surface area contributed by atoms with E-state index in [1.165, 1.54) is 6.07 Å². The Labute approximate surface area is 142 Å². The third-order valence-electron chi connectivity index (χ3n) is 3.33. The Morgan fingerprint density at radius 3 is 2.57 bits per heavy atom. The number of aryl methyl sites for hydroxylation is 1. The summed E-state index contributed by atoms with van der Waals surface area (Å²) in [7, 11) is 0. The third kappa shape index (κ3) is 4.15. The first-order valence-corrected chi connectivity index (χ1v) is 8.56. The van der Waals surface area contributed by atoms with Crippen LogP contribution in [-0.2, 0) is 0 Å². The van der Waals surface area contributed by atoms with Gasteiger partial charge in [-0.1, -0.05) is 56.5 Å². The minimum atomic E-state index is -0.180. The maximum absolute atomic E-state index is 14.3. The first kappa shape index (κ1) is 16.7. The number of nitrogens with one attached hydrogen (secondary N) is 1. The highest BCUT2D eigenvalue weighted by Crippen LogP contribution is 2.32. The fourth-order valence-corrected chi connectivity index (χ4v) is 3.15. The van der Waals surface area contributed by atoms with E-state index in [0.29, 0.717) is 5.56 Å². The summed E-state index contributed by atoms with van der Waals surface area (Å²) in [6, 6.07) is 11.1. The molecule has 0 saturated heterocycles. The molecular formula is C17H18Br2FN. The molecule has 0 aliphatic heterocycles. The fraction of sp³-hybridized carbons (Fsp3) is 0.294. The van der Waals surface area contributed by atoms with Crippen LogP contribution in [0.1, 0.15) is 36.1 Å². The number of rotatable bonds is 5. The average molecular weight is 415 g/mol. The van der Waals surface area contributed by atoms with Crippen molar-refractivity contribution in [3.63, 3.8) is 0 Å². The molecule has 0 aliphatic carbocycles. The second-order valence-electron chi connectivity index (χ2n) is 5.08. The molecule has 0 aromatic heterocycles. The third-order valence-corrected chi connectivity index (χ3v) is 4.55. The average Bonchev–Trinajstić information content (AvgIpc) is 2.46. The summed E-state index contributed by atoms with van der Waals surface area (Å²) in [5.74, 6) is -0.180. The highest BCUT2D eigenvalue weighted by Gasteiger charge is 2.20. The monoisotopic (exact) mass is 413 g/mol. The van der Waals surface area contributed by atoms with Crippen LogP contribution in [0.25, 0.3) is 0 Å². The number of hydrogen-bond acceptors (Lipinski definition) is 1. The van der Waals surface area contributed by atoms with Crippen molar-refractivity contribution in [2.75, 3.05) is 6.54 Å². The predicted octanol–water partition coefficient (Wildman–Crippen LogP) is 5.75. The van der Waals surface area contributed by atoms with Gasteiger partial charge in [-0.3, -0.25) is 0 Å². The van der Waals surface area contributed by atoms with Crippen LogP contribution in [0, 0.1) is 12.7 Å². The van der Waals surface area contributed by atoms with Crippen LogP contribution in [0.3, 0.4) is 0 Å². The van der Waals surface area contributed by atoms with Crippen LogP contribution in [0.2, 0.25) is 0 Å². The summed E-state index contributed by atoms with van der Waals surface area (Å²) in [6.07, 6.45) is 0.996. The van der Waals surface area contributed by atoms with E-state index in [0.717, 1.165) is 33.0 Å². The molecule has 0 spiro atoms. The van der Waals surface area contributed by atoms with Crippen LogP contribution < -0.4 is 5.32 Å². The SMILES string of the molecule is CCCNC(c1cc(C)ccc1F)c1cc(Br)ccc1Br. The fourth-order valence-electron chi connectivity index (χ4n) is 2.30. The van der Waals surface area contributed by atoms with Crippen LogP contribution in [0.4, 0.5) is 4.39 Å². The lowest BCUT2D eigenvalue weighted by molar-refractivity contribution is 0.545. The summed E-state index contributed by atoms with van der Waals surface area (Å²) < 4.78 is 16.3. The van der Waals surface area contributed by atoms with E-state index in [9.17, 15) is 4.39 Å². The minimum Gasteiger partial charge on any atom is -0.306 e. The van der Waals surface area contributed by atoms with Crippen LogP contribution in [0.15, 0.2) is 45.3 Å². The van der Waals surface area contributed by atoms with Crippen molar-refractivity contribution in [1.82, 2.24) is 5.32 Å². The highest BCUT2D eigenvalue weighted by molar-refractivity contribution is 9.11. The van der Waals surface area contributed by atoms with E-state index >= 15 is 0 Å². The van der Waals surface area contributed by atoms with Gasteiger partial charge in [0.1, 0.15) is 5.82 Å². The van der Waals surface area contributed by atoms with Gasteiger partial charge in [-0.05, 0) is 49.7 Å². The maximum atomic E-state index is 14.3. The van der Waals surface area contributed by atoms with Gasteiger partial charge in [0.05, 0.1) is 6.04 Å². The van der Waals surface area contributed by atoms with Crippen molar-refractivity contribution in [3.05, 3.63) is 67.9 Å². The van der Waals surface area contributed by atoms with Gasteiger partial charge in [-0.2, -0.15) is 0 Å². The van der Waals surface area contributed by atoms with E-state index in [2.05, 4.69) is 44.1 Å². The quantitative estimate of drug-likeness (QED) is 0.656. The van der Waals surface area contributed by atoms with Gasteiger partial charge in [-0.15, -0.1) is 0 Å². The lowest BCUT2D eigenvalue weighted by Gasteiger charge is -2.22. The smallest absolute Gasteiger partial charge is 0.128 e. The van der Waals surface area contributed by atoms with Crippen LogP contribution >= 0.6 is 31.9 Å². The Morgan fingerprint density at radius 2 is 1.86 bits per heavy atom. The topological polar surface area (TPSA) is 12.0 Å². The Hall–Kier alpha value is -0.710. The molecule has 2 aromatic rings. The zero-order valence-electron chi connectivity index (χ0n) is 12.1. The second-order valence-corrected chi connectivity index (χ2v) is 6.85. The molecule has 0 saturated carbocycles. The number of hydrogen-bond donors (Lipinski definition) is 1. The normalized spacial score (nSPS) is 12.4. The zero-order chi connectivity index (χ0) is 15.4. The van der Waals surface area contributed by atoms with Gasteiger partial charge in [0.25, 0.3) is 0 Å². The van der Waals surface area contributed by atoms with Crippen molar-refractivity contribution < 1.29 is 4.39 Å². The summed E-state index contributed by atoms with van der Waals surface area (Å²) >= 11 is 7.08. The Morgan fingerprint density at radius 1 is 1.10 bits per heavy atom. The molecule has 1 unspecified atom stereocenters. The van der Waals surface area contributed by atoms with E-state index < -0.39 is 0 Å². The molecule has 0 fully saturated rings. The van der Waals surface area contributed by atoms with Crippen molar-refractivity contribution >= 4 is 31.9 Å². The van der Waals surface area contributed by atoms with Gasteiger partial charge in [0.15, 0.2) is 0 Å². The lowest BCUT2D eigenvalue weighted by atomic mass is 9.96. The Balaban J connectivity index is 2.52. The zero-order valence-corrected chi connectivity index (χ0v) is 15.3. The molecule has 112 valence electrons. The van der Waals surface area contributed by atoms with Crippen molar-refractivity contribution in [3.8, 4) is 0 Å². The molecule has 1 atom stereocenters. The molecule has 0 aliphatic rings. The first-order valence-electron chi connectivity index (χ1n) is 6.97. The highest BCUT2D eigenvalue weighted by atomic mass is 79.9. The summed E-state index contributed by atoms with van der Waals surface area (Å²) in [4.78, 5) is 0. The Kier molecular flexibility index (Phi) is 5.97. The van der Waals surface area contributed by atoms with E-state index in [4.69, 9.17) is 0 Å². The molecule has 4 heteroatoms. The molecule has 1 N–H and O–H groups in total. The van der Waals surface area contributed by atoms with E-state index in [1.54, 1.807) is 6.07 Å². The molecule has 0 radical (unpaired) electrons. The number of benzene rings is 2.